The van der Waals surface area contributed by atoms with Gasteiger partial charge in [0, 0.05) is 24.0 Å². The van der Waals surface area contributed by atoms with Crippen LogP contribution in [0.15, 0.2) is 64.7 Å². The topological polar surface area (TPSA) is 72.0 Å². The Labute approximate surface area is 139 Å². The fourth-order valence-corrected chi connectivity index (χ4v) is 4.43. The van der Waals surface area contributed by atoms with E-state index >= 15 is 0 Å². The number of benzene rings is 1. The van der Waals surface area contributed by atoms with Crippen molar-refractivity contribution in [3.05, 3.63) is 66.1 Å². The first-order valence-electron chi connectivity index (χ1n) is 6.97. The average Bonchev–Trinajstić information content (AvgIpc) is 3.11. The molecule has 1 atom stereocenters. The van der Waals surface area contributed by atoms with Gasteiger partial charge in [0.2, 0.25) is 0 Å². The van der Waals surface area contributed by atoms with Crippen LogP contribution in [0.3, 0.4) is 0 Å². The highest BCUT2D eigenvalue weighted by Gasteiger charge is 2.19. The Balaban J connectivity index is 1.77. The molecular formula is C16H15N3O2S2. The number of sulfonamides is 1. The summed E-state index contributed by atoms with van der Waals surface area (Å²) in [5, 5.41) is 1.75. The van der Waals surface area contributed by atoms with Crippen molar-refractivity contribution in [2.24, 2.45) is 0 Å². The van der Waals surface area contributed by atoms with Crippen molar-refractivity contribution in [2.75, 3.05) is 0 Å². The lowest BCUT2D eigenvalue weighted by atomic mass is 10.0. The van der Waals surface area contributed by atoms with Crippen molar-refractivity contribution >= 4 is 21.4 Å². The highest BCUT2D eigenvalue weighted by atomic mass is 32.2. The smallest absolute Gasteiger partial charge is 0.244 e. The monoisotopic (exact) mass is 345 g/mol. The van der Waals surface area contributed by atoms with E-state index in [0.717, 1.165) is 16.7 Å². The molecule has 2 heterocycles. The fraction of sp³-hybridized carbons (Fsp3) is 0.125. The maximum atomic E-state index is 12.2. The molecule has 1 aromatic carbocycles. The number of aromatic nitrogens is 2. The van der Waals surface area contributed by atoms with Crippen molar-refractivity contribution in [1.82, 2.24) is 14.7 Å². The molecule has 0 aliphatic heterocycles. The minimum absolute atomic E-state index is 0.317. The van der Waals surface area contributed by atoms with E-state index in [4.69, 9.17) is 0 Å². The van der Waals surface area contributed by atoms with Gasteiger partial charge in [-0.3, -0.25) is 0 Å². The SMILES string of the molecule is C[C@H](NS(=O)(=O)c1cccs1)c1ccc(-c2cncnc2)cc1. The largest absolute Gasteiger partial charge is 0.250 e. The van der Waals surface area contributed by atoms with Gasteiger partial charge in [0.25, 0.3) is 10.0 Å². The molecule has 0 spiro atoms. The van der Waals surface area contributed by atoms with E-state index in [1.165, 1.54) is 17.7 Å². The average molecular weight is 345 g/mol. The molecule has 0 amide bonds. The summed E-state index contributed by atoms with van der Waals surface area (Å²) in [6, 6.07) is 10.7. The first kappa shape index (κ1) is 15.8. The van der Waals surface area contributed by atoms with Gasteiger partial charge in [0.15, 0.2) is 0 Å². The molecular weight excluding hydrogens is 330 g/mol. The highest BCUT2D eigenvalue weighted by molar-refractivity contribution is 7.91. The van der Waals surface area contributed by atoms with E-state index < -0.39 is 10.0 Å². The van der Waals surface area contributed by atoms with Crippen LogP contribution in [0.2, 0.25) is 0 Å². The molecule has 0 radical (unpaired) electrons. The van der Waals surface area contributed by atoms with E-state index in [1.54, 1.807) is 29.9 Å². The summed E-state index contributed by atoms with van der Waals surface area (Å²) in [6.45, 7) is 1.83. The molecule has 0 saturated heterocycles. The van der Waals surface area contributed by atoms with Crippen LogP contribution in [-0.4, -0.2) is 18.4 Å². The predicted molar refractivity (Wildman–Crippen MR) is 90.5 cm³/mol. The molecule has 118 valence electrons. The second-order valence-corrected chi connectivity index (χ2v) is 7.91. The van der Waals surface area contributed by atoms with Crippen LogP contribution in [0.1, 0.15) is 18.5 Å². The number of nitrogens with one attached hydrogen (secondary N) is 1. The Hall–Kier alpha value is -2.09. The molecule has 5 nitrogen and oxygen atoms in total. The van der Waals surface area contributed by atoms with Crippen LogP contribution in [-0.2, 0) is 10.0 Å². The predicted octanol–water partition coefficient (Wildman–Crippen LogP) is 3.24. The van der Waals surface area contributed by atoms with Crippen LogP contribution in [0.25, 0.3) is 11.1 Å². The van der Waals surface area contributed by atoms with Crippen LogP contribution in [0, 0.1) is 0 Å². The number of thiophene rings is 1. The van der Waals surface area contributed by atoms with E-state index in [-0.39, 0.29) is 6.04 Å². The zero-order valence-corrected chi connectivity index (χ0v) is 14.0. The van der Waals surface area contributed by atoms with E-state index in [1.807, 2.05) is 31.2 Å². The normalized spacial score (nSPS) is 12.9. The van der Waals surface area contributed by atoms with Gasteiger partial charge in [-0.05, 0) is 29.5 Å². The lowest BCUT2D eigenvalue weighted by Crippen LogP contribution is -2.26. The quantitative estimate of drug-likeness (QED) is 0.770. The summed E-state index contributed by atoms with van der Waals surface area (Å²) in [4.78, 5) is 7.99. The Morgan fingerprint density at radius 1 is 1.04 bits per heavy atom. The summed E-state index contributed by atoms with van der Waals surface area (Å²) in [6.07, 6.45) is 4.97. The Morgan fingerprint density at radius 3 is 2.35 bits per heavy atom. The molecule has 23 heavy (non-hydrogen) atoms. The fourth-order valence-electron chi connectivity index (χ4n) is 2.19. The molecule has 2 aromatic heterocycles. The molecule has 0 saturated carbocycles. The molecule has 0 bridgehead atoms. The third-order valence-corrected chi connectivity index (χ3v) is 6.33. The zero-order chi connectivity index (χ0) is 16.3. The van der Waals surface area contributed by atoms with Crippen molar-refractivity contribution in [2.45, 2.75) is 17.2 Å². The molecule has 3 aromatic rings. The number of nitrogens with zero attached hydrogens (tertiary/aromatic N) is 2. The minimum Gasteiger partial charge on any atom is -0.244 e. The van der Waals surface area contributed by atoms with E-state index in [0.29, 0.717) is 4.21 Å². The van der Waals surface area contributed by atoms with Crippen LogP contribution in [0.5, 0.6) is 0 Å². The number of rotatable bonds is 5. The van der Waals surface area contributed by atoms with Gasteiger partial charge in [-0.2, -0.15) is 0 Å². The second-order valence-electron chi connectivity index (χ2n) is 5.02. The molecule has 1 N–H and O–H groups in total. The van der Waals surface area contributed by atoms with Gasteiger partial charge in [-0.25, -0.2) is 23.1 Å². The van der Waals surface area contributed by atoms with Crippen molar-refractivity contribution in [3.8, 4) is 11.1 Å². The Morgan fingerprint density at radius 2 is 1.74 bits per heavy atom. The van der Waals surface area contributed by atoms with Gasteiger partial charge < -0.3 is 0 Å². The molecule has 0 aliphatic carbocycles. The van der Waals surface area contributed by atoms with Crippen molar-refractivity contribution < 1.29 is 8.42 Å². The summed E-state index contributed by atoms with van der Waals surface area (Å²) in [7, 11) is -3.48. The van der Waals surface area contributed by atoms with Crippen molar-refractivity contribution in [3.63, 3.8) is 0 Å². The molecule has 3 rings (SSSR count). The summed E-state index contributed by atoms with van der Waals surface area (Å²) >= 11 is 1.20. The first-order chi connectivity index (χ1) is 11.1. The Kier molecular flexibility index (Phi) is 4.51. The maximum Gasteiger partial charge on any atom is 0.250 e. The third kappa shape index (κ3) is 3.64. The molecule has 7 heteroatoms. The van der Waals surface area contributed by atoms with Crippen LogP contribution >= 0.6 is 11.3 Å². The van der Waals surface area contributed by atoms with E-state index in [9.17, 15) is 8.42 Å². The zero-order valence-electron chi connectivity index (χ0n) is 12.4. The lowest BCUT2D eigenvalue weighted by Gasteiger charge is -2.14. The van der Waals surface area contributed by atoms with Crippen molar-refractivity contribution in [1.29, 1.82) is 0 Å². The van der Waals surface area contributed by atoms with Gasteiger partial charge in [-0.15, -0.1) is 11.3 Å². The molecule has 0 aliphatic rings. The number of hydrogen-bond donors (Lipinski definition) is 1. The third-order valence-electron chi connectivity index (χ3n) is 3.40. The summed E-state index contributed by atoms with van der Waals surface area (Å²) in [5.74, 6) is 0. The van der Waals surface area contributed by atoms with E-state index in [2.05, 4.69) is 14.7 Å². The summed E-state index contributed by atoms with van der Waals surface area (Å²) in [5.41, 5.74) is 2.80. The highest BCUT2D eigenvalue weighted by Crippen LogP contribution is 2.23. The van der Waals surface area contributed by atoms with Gasteiger partial charge in [-0.1, -0.05) is 30.3 Å². The first-order valence-corrected chi connectivity index (χ1v) is 9.34. The summed E-state index contributed by atoms with van der Waals surface area (Å²) < 4.78 is 27.5. The second kappa shape index (κ2) is 6.57. The van der Waals surface area contributed by atoms with Crippen LogP contribution in [0.4, 0.5) is 0 Å². The molecule has 0 fully saturated rings. The lowest BCUT2D eigenvalue weighted by molar-refractivity contribution is 0.569. The maximum absolute atomic E-state index is 12.2. The van der Waals surface area contributed by atoms with Gasteiger partial charge in [0.05, 0.1) is 0 Å². The van der Waals surface area contributed by atoms with Gasteiger partial charge >= 0.3 is 0 Å². The van der Waals surface area contributed by atoms with Gasteiger partial charge in [0.1, 0.15) is 10.5 Å². The standard InChI is InChI=1S/C16H15N3O2S2/c1-12(19-23(20,21)16-3-2-8-22-16)13-4-6-14(7-5-13)15-9-17-11-18-10-15/h2-12,19H,1H3/t12-/m0/s1. The molecule has 0 unspecified atom stereocenters. The number of hydrogen-bond acceptors (Lipinski definition) is 5. The van der Waals surface area contributed by atoms with Crippen LogP contribution < -0.4 is 4.72 Å². The Bertz CT molecular complexity index is 861. The minimum atomic E-state index is -3.48.